The molecular weight excluding hydrogens is 284 g/mol. The Labute approximate surface area is 138 Å². The molecule has 2 saturated carbocycles. The SMILES string of the molecule is C#CC1(O)CCC2C3CCc4c(C)cccc4C3C(O)CC21C. The van der Waals surface area contributed by atoms with Gasteiger partial charge < -0.3 is 10.2 Å². The highest BCUT2D eigenvalue weighted by molar-refractivity contribution is 5.41. The van der Waals surface area contributed by atoms with Gasteiger partial charge in [-0.2, -0.15) is 0 Å². The first kappa shape index (κ1) is 15.2. The summed E-state index contributed by atoms with van der Waals surface area (Å²) < 4.78 is 0. The number of aryl methyl sites for hydroxylation is 1. The largest absolute Gasteiger partial charge is 0.392 e. The van der Waals surface area contributed by atoms with E-state index in [0.717, 1.165) is 19.3 Å². The summed E-state index contributed by atoms with van der Waals surface area (Å²) in [5.41, 5.74) is 2.70. The lowest BCUT2D eigenvalue weighted by molar-refractivity contribution is -0.107. The van der Waals surface area contributed by atoms with E-state index in [2.05, 4.69) is 38.0 Å². The van der Waals surface area contributed by atoms with Crippen molar-refractivity contribution >= 4 is 0 Å². The van der Waals surface area contributed by atoms with Gasteiger partial charge in [0.15, 0.2) is 0 Å². The summed E-state index contributed by atoms with van der Waals surface area (Å²) in [6.45, 7) is 4.28. The number of fused-ring (bicyclic) bond motifs is 5. The fourth-order valence-electron chi connectivity index (χ4n) is 6.12. The molecule has 0 amide bonds. The zero-order valence-electron chi connectivity index (χ0n) is 14.0. The van der Waals surface area contributed by atoms with Crippen LogP contribution in [0.2, 0.25) is 0 Å². The molecule has 6 atom stereocenters. The molecule has 0 radical (unpaired) electrons. The maximum absolute atomic E-state index is 11.0. The van der Waals surface area contributed by atoms with Crippen LogP contribution < -0.4 is 0 Å². The van der Waals surface area contributed by atoms with Crippen molar-refractivity contribution in [1.29, 1.82) is 0 Å². The second kappa shape index (κ2) is 4.85. The Morgan fingerprint density at radius 3 is 2.83 bits per heavy atom. The Bertz CT molecular complexity index is 688. The second-order valence-corrected chi connectivity index (χ2v) is 8.21. The molecule has 1 aromatic carbocycles. The number of hydrogen-bond acceptors (Lipinski definition) is 2. The van der Waals surface area contributed by atoms with Crippen molar-refractivity contribution in [1.82, 2.24) is 0 Å². The maximum Gasteiger partial charge on any atom is 0.130 e. The van der Waals surface area contributed by atoms with Crippen molar-refractivity contribution < 1.29 is 10.2 Å². The zero-order valence-corrected chi connectivity index (χ0v) is 14.0. The Morgan fingerprint density at radius 2 is 2.09 bits per heavy atom. The second-order valence-electron chi connectivity index (χ2n) is 8.21. The summed E-state index contributed by atoms with van der Waals surface area (Å²) in [6.07, 6.45) is 9.70. The number of hydrogen-bond donors (Lipinski definition) is 2. The lowest BCUT2D eigenvalue weighted by Crippen LogP contribution is -2.54. The third-order valence-electron chi connectivity index (χ3n) is 7.38. The van der Waals surface area contributed by atoms with E-state index in [1.807, 2.05) is 0 Å². The summed E-state index contributed by atoms with van der Waals surface area (Å²) in [5, 5.41) is 22.0. The van der Waals surface area contributed by atoms with Crippen LogP contribution in [0.3, 0.4) is 0 Å². The van der Waals surface area contributed by atoms with Crippen molar-refractivity contribution in [3.63, 3.8) is 0 Å². The van der Waals surface area contributed by atoms with Gasteiger partial charge in [0, 0.05) is 11.3 Å². The lowest BCUT2D eigenvalue weighted by atomic mass is 9.52. The van der Waals surface area contributed by atoms with E-state index < -0.39 is 11.7 Å². The minimum absolute atomic E-state index is 0.205. The highest BCUT2D eigenvalue weighted by atomic mass is 16.3. The number of aliphatic hydroxyl groups excluding tert-OH is 1. The Morgan fingerprint density at radius 1 is 1.30 bits per heavy atom. The van der Waals surface area contributed by atoms with Crippen molar-refractivity contribution in [3.8, 4) is 12.3 Å². The molecule has 0 aliphatic heterocycles. The van der Waals surface area contributed by atoms with Gasteiger partial charge in [-0.05, 0) is 67.6 Å². The highest BCUT2D eigenvalue weighted by Crippen LogP contribution is 2.64. The van der Waals surface area contributed by atoms with Crippen LogP contribution in [0.15, 0.2) is 18.2 Å². The van der Waals surface area contributed by atoms with E-state index in [0.29, 0.717) is 24.7 Å². The van der Waals surface area contributed by atoms with Gasteiger partial charge in [-0.15, -0.1) is 6.42 Å². The van der Waals surface area contributed by atoms with Gasteiger partial charge in [-0.25, -0.2) is 0 Å². The van der Waals surface area contributed by atoms with E-state index in [4.69, 9.17) is 6.42 Å². The molecule has 3 aliphatic rings. The number of benzene rings is 1. The molecule has 1 aromatic rings. The molecule has 0 aromatic heterocycles. The minimum atomic E-state index is -1.06. The third-order valence-corrected chi connectivity index (χ3v) is 7.38. The molecule has 0 spiro atoms. The summed E-state index contributed by atoms with van der Waals surface area (Å²) in [6, 6.07) is 6.49. The fraction of sp³-hybridized carbons (Fsp3) is 0.619. The van der Waals surface area contributed by atoms with E-state index in [9.17, 15) is 10.2 Å². The van der Waals surface area contributed by atoms with Crippen LogP contribution in [-0.4, -0.2) is 21.9 Å². The molecule has 0 saturated heterocycles. The molecule has 4 rings (SSSR count). The molecular formula is C21H26O2. The fourth-order valence-corrected chi connectivity index (χ4v) is 6.12. The minimum Gasteiger partial charge on any atom is -0.392 e. The van der Waals surface area contributed by atoms with Crippen molar-refractivity contribution in [3.05, 3.63) is 34.9 Å². The molecule has 6 unspecified atom stereocenters. The average Bonchev–Trinajstić information content (AvgIpc) is 2.79. The van der Waals surface area contributed by atoms with Gasteiger partial charge in [0.2, 0.25) is 0 Å². The van der Waals surface area contributed by atoms with E-state index in [1.165, 1.54) is 16.7 Å². The van der Waals surface area contributed by atoms with Crippen LogP contribution in [-0.2, 0) is 6.42 Å². The van der Waals surface area contributed by atoms with Gasteiger partial charge >= 0.3 is 0 Å². The van der Waals surface area contributed by atoms with E-state index in [1.54, 1.807) is 0 Å². The average molecular weight is 310 g/mol. The Kier molecular flexibility index (Phi) is 3.21. The van der Waals surface area contributed by atoms with Gasteiger partial charge in [-0.3, -0.25) is 0 Å². The molecule has 0 bridgehead atoms. The number of rotatable bonds is 0. The third kappa shape index (κ3) is 1.84. The predicted molar refractivity (Wildman–Crippen MR) is 91.0 cm³/mol. The Hall–Kier alpha value is -1.30. The maximum atomic E-state index is 11.0. The van der Waals surface area contributed by atoms with E-state index >= 15 is 0 Å². The monoisotopic (exact) mass is 310 g/mol. The molecule has 2 nitrogen and oxygen atoms in total. The topological polar surface area (TPSA) is 40.5 Å². The first-order chi connectivity index (χ1) is 10.9. The van der Waals surface area contributed by atoms with Crippen molar-refractivity contribution in [2.24, 2.45) is 17.3 Å². The van der Waals surface area contributed by atoms with Crippen LogP contribution in [0.4, 0.5) is 0 Å². The lowest BCUT2D eigenvalue weighted by Gasteiger charge is -2.54. The highest BCUT2D eigenvalue weighted by Gasteiger charge is 2.63. The first-order valence-electron chi connectivity index (χ1n) is 8.88. The number of terminal acetylenes is 1. The van der Waals surface area contributed by atoms with Crippen LogP contribution >= 0.6 is 0 Å². The first-order valence-corrected chi connectivity index (χ1v) is 8.88. The van der Waals surface area contributed by atoms with Crippen molar-refractivity contribution in [2.45, 2.75) is 63.6 Å². The van der Waals surface area contributed by atoms with Gasteiger partial charge in [-0.1, -0.05) is 31.0 Å². The van der Waals surface area contributed by atoms with Crippen molar-refractivity contribution in [2.75, 3.05) is 0 Å². The van der Waals surface area contributed by atoms with Crippen LogP contribution in [0.25, 0.3) is 0 Å². The summed E-state index contributed by atoms with van der Waals surface area (Å²) in [7, 11) is 0. The quantitative estimate of drug-likeness (QED) is 0.723. The molecule has 2 heteroatoms. The van der Waals surface area contributed by atoms with Crippen LogP contribution in [0.5, 0.6) is 0 Å². The normalized spacial score (nSPS) is 44.8. The standard InChI is InChI=1S/C21H26O2/c1-4-21(23)11-10-17-16-9-8-14-13(2)6-5-7-15(14)19(16)18(22)12-20(17,21)3/h1,5-7,16-19,22-23H,8-12H2,2-3H3. The van der Waals surface area contributed by atoms with Crippen LogP contribution in [0, 0.1) is 36.5 Å². The molecule has 3 aliphatic carbocycles. The summed E-state index contributed by atoms with van der Waals surface area (Å²) in [5.74, 6) is 3.71. The van der Waals surface area contributed by atoms with Crippen LogP contribution in [0.1, 0.15) is 55.2 Å². The summed E-state index contributed by atoms with van der Waals surface area (Å²) in [4.78, 5) is 0. The van der Waals surface area contributed by atoms with Gasteiger partial charge in [0.1, 0.15) is 5.60 Å². The molecule has 0 heterocycles. The number of aliphatic hydroxyl groups is 2. The van der Waals surface area contributed by atoms with Gasteiger partial charge in [0.05, 0.1) is 6.10 Å². The molecule has 2 fully saturated rings. The van der Waals surface area contributed by atoms with Gasteiger partial charge in [0.25, 0.3) is 0 Å². The smallest absolute Gasteiger partial charge is 0.130 e. The molecule has 23 heavy (non-hydrogen) atoms. The Balaban J connectivity index is 1.79. The molecule has 122 valence electrons. The predicted octanol–water partition coefficient (Wildman–Crippen LogP) is 3.19. The zero-order chi connectivity index (χ0) is 16.4. The van der Waals surface area contributed by atoms with E-state index in [-0.39, 0.29) is 11.3 Å². The molecule has 2 N–H and O–H groups in total. The summed E-state index contributed by atoms with van der Waals surface area (Å²) >= 11 is 0.